The summed E-state index contributed by atoms with van der Waals surface area (Å²) in [5, 5.41) is 12.2. The van der Waals surface area contributed by atoms with Crippen molar-refractivity contribution in [2.24, 2.45) is 5.92 Å². The minimum atomic E-state index is -0.0631. The molecule has 0 aromatic heterocycles. The molecule has 0 aliphatic carbocycles. The lowest BCUT2D eigenvalue weighted by molar-refractivity contribution is 0.136. The molecule has 1 aromatic rings. The number of benzene rings is 1. The second-order valence-electron chi connectivity index (χ2n) is 5.39. The highest BCUT2D eigenvalue weighted by molar-refractivity contribution is 5.90. The second kappa shape index (κ2) is 6.06. The van der Waals surface area contributed by atoms with Crippen molar-refractivity contribution in [3.8, 4) is 0 Å². The molecule has 4 nitrogen and oxygen atoms in total. The van der Waals surface area contributed by atoms with Crippen LogP contribution in [0.1, 0.15) is 24.0 Å². The van der Waals surface area contributed by atoms with Crippen LogP contribution in [0.2, 0.25) is 0 Å². The van der Waals surface area contributed by atoms with Gasteiger partial charge in [0, 0.05) is 25.4 Å². The van der Waals surface area contributed by atoms with Gasteiger partial charge in [-0.25, -0.2) is 4.79 Å². The average molecular weight is 262 g/mol. The van der Waals surface area contributed by atoms with E-state index in [9.17, 15) is 9.90 Å². The largest absolute Gasteiger partial charge is 0.396 e. The summed E-state index contributed by atoms with van der Waals surface area (Å²) in [7, 11) is 0. The smallest absolute Gasteiger partial charge is 0.321 e. The number of anilines is 1. The van der Waals surface area contributed by atoms with Crippen LogP contribution in [-0.4, -0.2) is 35.7 Å². The van der Waals surface area contributed by atoms with E-state index in [1.165, 1.54) is 0 Å². The number of aliphatic hydroxyl groups excluding tert-OH is 1. The number of likely N-dealkylation sites (tertiary alicyclic amines) is 1. The summed E-state index contributed by atoms with van der Waals surface area (Å²) in [5.74, 6) is 0.220. The number of amides is 2. The van der Waals surface area contributed by atoms with E-state index in [4.69, 9.17) is 0 Å². The molecule has 2 N–H and O–H groups in total. The maximum atomic E-state index is 12.2. The quantitative estimate of drug-likeness (QED) is 0.860. The minimum absolute atomic E-state index is 0.0631. The van der Waals surface area contributed by atoms with Crippen molar-refractivity contribution < 1.29 is 9.90 Å². The first-order valence-electron chi connectivity index (χ1n) is 6.84. The molecule has 1 aliphatic rings. The Morgan fingerprint density at radius 2 is 2.26 bits per heavy atom. The number of aliphatic hydroxyl groups is 1. The van der Waals surface area contributed by atoms with Gasteiger partial charge in [0.2, 0.25) is 0 Å². The van der Waals surface area contributed by atoms with Crippen LogP contribution < -0.4 is 5.32 Å². The lowest BCUT2D eigenvalue weighted by atomic mass is 9.99. The summed E-state index contributed by atoms with van der Waals surface area (Å²) in [6.45, 7) is 5.58. The lowest BCUT2D eigenvalue weighted by Gasteiger charge is -2.32. The number of piperidine rings is 1. The van der Waals surface area contributed by atoms with Crippen molar-refractivity contribution in [1.82, 2.24) is 4.90 Å². The SMILES string of the molecule is Cc1ccc(C)c(NC(=O)N2CCCC(CO)C2)c1. The fraction of sp³-hybridized carbons (Fsp3) is 0.533. The molecule has 0 bridgehead atoms. The number of aryl methyl sites for hydroxylation is 2. The standard InChI is InChI=1S/C15H22N2O2/c1-11-5-6-12(2)14(8-11)16-15(19)17-7-3-4-13(9-17)10-18/h5-6,8,13,18H,3-4,7,9-10H2,1-2H3,(H,16,19). The summed E-state index contributed by atoms with van der Waals surface area (Å²) in [6, 6.07) is 5.97. The van der Waals surface area contributed by atoms with Gasteiger partial charge in [-0.15, -0.1) is 0 Å². The van der Waals surface area contributed by atoms with Crippen LogP contribution in [-0.2, 0) is 0 Å². The first-order valence-corrected chi connectivity index (χ1v) is 6.84. The summed E-state index contributed by atoms with van der Waals surface area (Å²) >= 11 is 0. The molecule has 4 heteroatoms. The van der Waals surface area contributed by atoms with Crippen molar-refractivity contribution in [3.05, 3.63) is 29.3 Å². The average Bonchev–Trinajstić information content (AvgIpc) is 2.43. The Labute approximate surface area is 114 Å². The molecule has 104 valence electrons. The summed E-state index contributed by atoms with van der Waals surface area (Å²) < 4.78 is 0. The van der Waals surface area contributed by atoms with E-state index >= 15 is 0 Å². The van der Waals surface area contributed by atoms with Crippen molar-refractivity contribution >= 4 is 11.7 Å². The molecule has 1 unspecified atom stereocenters. The zero-order valence-corrected chi connectivity index (χ0v) is 11.6. The summed E-state index contributed by atoms with van der Waals surface area (Å²) in [4.78, 5) is 14.0. The van der Waals surface area contributed by atoms with E-state index in [0.29, 0.717) is 6.54 Å². The third-order valence-electron chi connectivity index (χ3n) is 3.70. The Bertz CT molecular complexity index is 459. The van der Waals surface area contributed by atoms with Crippen LogP contribution in [0.4, 0.5) is 10.5 Å². The maximum Gasteiger partial charge on any atom is 0.321 e. The van der Waals surface area contributed by atoms with Gasteiger partial charge in [-0.3, -0.25) is 0 Å². The zero-order chi connectivity index (χ0) is 13.8. The molecule has 19 heavy (non-hydrogen) atoms. The Balaban J connectivity index is 2.02. The van der Waals surface area contributed by atoms with Gasteiger partial charge >= 0.3 is 6.03 Å². The topological polar surface area (TPSA) is 52.6 Å². The lowest BCUT2D eigenvalue weighted by Crippen LogP contribution is -2.43. The van der Waals surface area contributed by atoms with Gasteiger partial charge in [-0.05, 0) is 49.8 Å². The molecule has 0 radical (unpaired) electrons. The van der Waals surface area contributed by atoms with E-state index in [1.807, 2.05) is 32.0 Å². The summed E-state index contributed by atoms with van der Waals surface area (Å²) in [5.41, 5.74) is 3.07. The van der Waals surface area contributed by atoms with Gasteiger partial charge in [0.05, 0.1) is 0 Å². The van der Waals surface area contributed by atoms with Crippen molar-refractivity contribution in [3.63, 3.8) is 0 Å². The van der Waals surface area contributed by atoms with Gasteiger partial charge in [0.1, 0.15) is 0 Å². The highest BCUT2D eigenvalue weighted by Gasteiger charge is 2.23. The van der Waals surface area contributed by atoms with Crippen molar-refractivity contribution in [1.29, 1.82) is 0 Å². The third kappa shape index (κ3) is 3.47. The molecule has 1 heterocycles. The fourth-order valence-corrected chi connectivity index (χ4v) is 2.46. The zero-order valence-electron chi connectivity index (χ0n) is 11.6. The van der Waals surface area contributed by atoms with Gasteiger partial charge in [0.25, 0.3) is 0 Å². The van der Waals surface area contributed by atoms with Gasteiger partial charge in [-0.1, -0.05) is 12.1 Å². The molecule has 0 spiro atoms. The fourth-order valence-electron chi connectivity index (χ4n) is 2.46. The van der Waals surface area contributed by atoms with Crippen molar-refractivity contribution in [2.45, 2.75) is 26.7 Å². The van der Waals surface area contributed by atoms with Crippen LogP contribution in [0.15, 0.2) is 18.2 Å². The Morgan fingerprint density at radius 1 is 1.47 bits per heavy atom. The number of nitrogens with one attached hydrogen (secondary N) is 1. The Hall–Kier alpha value is -1.55. The highest BCUT2D eigenvalue weighted by Crippen LogP contribution is 2.20. The maximum absolute atomic E-state index is 12.2. The highest BCUT2D eigenvalue weighted by atomic mass is 16.3. The van der Waals surface area contributed by atoms with Crippen LogP contribution in [0, 0.1) is 19.8 Å². The Morgan fingerprint density at radius 3 is 3.00 bits per heavy atom. The molecular formula is C15H22N2O2. The van der Waals surface area contributed by atoms with Crippen LogP contribution >= 0.6 is 0 Å². The molecule has 1 aromatic carbocycles. The number of hydrogen-bond donors (Lipinski definition) is 2. The first-order chi connectivity index (χ1) is 9.10. The van der Waals surface area contributed by atoms with E-state index < -0.39 is 0 Å². The predicted octanol–water partition coefficient (Wildman–Crippen LogP) is 2.54. The number of rotatable bonds is 2. The number of nitrogens with zero attached hydrogens (tertiary/aromatic N) is 1. The van der Waals surface area contributed by atoms with E-state index in [0.717, 1.165) is 36.2 Å². The molecule has 1 saturated heterocycles. The number of carbonyl (C=O) groups excluding carboxylic acids is 1. The van der Waals surface area contributed by atoms with E-state index in [-0.39, 0.29) is 18.6 Å². The van der Waals surface area contributed by atoms with Crippen LogP contribution in [0.5, 0.6) is 0 Å². The third-order valence-corrected chi connectivity index (χ3v) is 3.70. The first kappa shape index (κ1) is 13.9. The monoisotopic (exact) mass is 262 g/mol. The molecule has 0 saturated carbocycles. The summed E-state index contributed by atoms with van der Waals surface area (Å²) in [6.07, 6.45) is 1.97. The predicted molar refractivity (Wildman–Crippen MR) is 76.3 cm³/mol. The molecular weight excluding hydrogens is 240 g/mol. The normalized spacial score (nSPS) is 19.3. The molecule has 1 fully saturated rings. The molecule has 2 rings (SSSR count). The number of urea groups is 1. The molecule has 2 amide bonds. The molecule has 1 aliphatic heterocycles. The number of carbonyl (C=O) groups is 1. The van der Waals surface area contributed by atoms with Gasteiger partial charge in [-0.2, -0.15) is 0 Å². The van der Waals surface area contributed by atoms with Gasteiger partial charge in [0.15, 0.2) is 0 Å². The van der Waals surface area contributed by atoms with E-state index in [2.05, 4.69) is 5.32 Å². The van der Waals surface area contributed by atoms with E-state index in [1.54, 1.807) is 4.90 Å². The van der Waals surface area contributed by atoms with Crippen LogP contribution in [0.3, 0.4) is 0 Å². The van der Waals surface area contributed by atoms with Gasteiger partial charge < -0.3 is 15.3 Å². The van der Waals surface area contributed by atoms with Crippen LogP contribution in [0.25, 0.3) is 0 Å². The number of hydrogen-bond acceptors (Lipinski definition) is 2. The minimum Gasteiger partial charge on any atom is -0.396 e. The molecule has 1 atom stereocenters. The Kier molecular flexibility index (Phi) is 4.43. The van der Waals surface area contributed by atoms with Crippen molar-refractivity contribution in [2.75, 3.05) is 25.0 Å². The second-order valence-corrected chi connectivity index (χ2v) is 5.39.